The lowest BCUT2D eigenvalue weighted by molar-refractivity contribution is 0.287. The number of aromatic nitrogens is 3. The van der Waals surface area contributed by atoms with E-state index in [2.05, 4.69) is 12.0 Å². The minimum Gasteiger partial charge on any atom is -0.494 e. The molecule has 120 valence electrons. The summed E-state index contributed by atoms with van der Waals surface area (Å²) in [5, 5.41) is 4.26. The van der Waals surface area contributed by atoms with Gasteiger partial charge in [0.2, 0.25) is 0 Å². The second kappa shape index (κ2) is 7.00. The van der Waals surface area contributed by atoms with E-state index in [-0.39, 0.29) is 5.69 Å². The Kier molecular flexibility index (Phi) is 4.61. The number of hydrogen-bond donors (Lipinski definition) is 0. The largest absolute Gasteiger partial charge is 0.494 e. The highest BCUT2D eigenvalue weighted by atomic mass is 16.5. The lowest BCUT2D eigenvalue weighted by Gasteiger charge is -2.07. The first-order valence-corrected chi connectivity index (χ1v) is 7.68. The molecule has 0 saturated carbocycles. The first kappa shape index (κ1) is 15.1. The first-order valence-electron chi connectivity index (χ1n) is 7.68. The van der Waals surface area contributed by atoms with Crippen LogP contribution < -0.4 is 15.2 Å². The standard InChI is InChI=1S/C17H19N3O3/c1-2-12-22-14-6-8-15(9-7-14)23-13-11-20-17(21)19-10-4-3-5-16(19)18-20/h3-10H,2,11-13H2,1H3. The second-order valence-electron chi connectivity index (χ2n) is 5.10. The molecular weight excluding hydrogens is 294 g/mol. The van der Waals surface area contributed by atoms with Gasteiger partial charge in [0, 0.05) is 6.20 Å². The zero-order valence-electron chi connectivity index (χ0n) is 13.0. The molecule has 6 nitrogen and oxygen atoms in total. The van der Waals surface area contributed by atoms with Crippen molar-refractivity contribution in [2.75, 3.05) is 13.2 Å². The molecule has 3 rings (SSSR count). The van der Waals surface area contributed by atoms with E-state index in [4.69, 9.17) is 9.47 Å². The molecule has 0 aliphatic rings. The minimum atomic E-state index is -0.160. The molecule has 0 aliphatic carbocycles. The Morgan fingerprint density at radius 1 is 1.00 bits per heavy atom. The van der Waals surface area contributed by atoms with Gasteiger partial charge in [-0.25, -0.2) is 9.48 Å². The van der Waals surface area contributed by atoms with Crippen LogP contribution in [0.15, 0.2) is 53.5 Å². The molecule has 0 N–H and O–H groups in total. The van der Waals surface area contributed by atoms with Crippen molar-refractivity contribution in [1.82, 2.24) is 14.2 Å². The number of pyridine rings is 1. The van der Waals surface area contributed by atoms with Crippen molar-refractivity contribution in [3.63, 3.8) is 0 Å². The molecule has 2 aromatic heterocycles. The molecule has 0 atom stereocenters. The van der Waals surface area contributed by atoms with Crippen molar-refractivity contribution < 1.29 is 9.47 Å². The van der Waals surface area contributed by atoms with E-state index in [1.165, 1.54) is 9.08 Å². The normalized spacial score (nSPS) is 10.8. The van der Waals surface area contributed by atoms with Gasteiger partial charge in [-0.2, -0.15) is 0 Å². The Morgan fingerprint density at radius 3 is 2.35 bits per heavy atom. The summed E-state index contributed by atoms with van der Waals surface area (Å²) in [6.45, 7) is 3.54. The van der Waals surface area contributed by atoms with Crippen molar-refractivity contribution in [2.45, 2.75) is 19.9 Å². The molecular formula is C17H19N3O3. The van der Waals surface area contributed by atoms with Gasteiger partial charge in [-0.05, 0) is 42.8 Å². The molecule has 0 spiro atoms. The topological polar surface area (TPSA) is 57.8 Å². The van der Waals surface area contributed by atoms with Crippen LogP contribution in [0.25, 0.3) is 5.65 Å². The van der Waals surface area contributed by atoms with Crippen LogP contribution in [-0.2, 0) is 6.54 Å². The third-order valence-corrected chi connectivity index (χ3v) is 3.36. The Bertz CT molecular complexity index is 821. The maximum Gasteiger partial charge on any atom is 0.350 e. The Balaban J connectivity index is 1.58. The molecule has 0 saturated heterocycles. The number of benzene rings is 1. The monoisotopic (exact) mass is 313 g/mol. The third kappa shape index (κ3) is 3.53. The molecule has 0 aliphatic heterocycles. The molecule has 0 bridgehead atoms. The van der Waals surface area contributed by atoms with E-state index in [1.807, 2.05) is 30.3 Å². The highest BCUT2D eigenvalue weighted by molar-refractivity contribution is 5.35. The van der Waals surface area contributed by atoms with Crippen LogP contribution in [0.2, 0.25) is 0 Å². The summed E-state index contributed by atoms with van der Waals surface area (Å²) in [6.07, 6.45) is 2.68. The molecule has 2 heterocycles. The van der Waals surface area contributed by atoms with Crippen LogP contribution in [0.5, 0.6) is 11.5 Å². The number of fused-ring (bicyclic) bond motifs is 1. The SMILES string of the molecule is CCCOc1ccc(OCCn2nc3ccccn3c2=O)cc1. The van der Waals surface area contributed by atoms with Gasteiger partial charge in [0.05, 0.1) is 13.2 Å². The molecule has 0 fully saturated rings. The molecule has 0 amide bonds. The zero-order chi connectivity index (χ0) is 16.1. The van der Waals surface area contributed by atoms with E-state index in [0.717, 1.165) is 17.9 Å². The van der Waals surface area contributed by atoms with E-state index < -0.39 is 0 Å². The molecule has 0 unspecified atom stereocenters. The lowest BCUT2D eigenvalue weighted by Crippen LogP contribution is -2.23. The number of ether oxygens (including phenoxy) is 2. The van der Waals surface area contributed by atoms with Gasteiger partial charge in [0.15, 0.2) is 5.65 Å². The summed E-state index contributed by atoms with van der Waals surface area (Å²) in [7, 11) is 0. The van der Waals surface area contributed by atoms with Gasteiger partial charge in [0.25, 0.3) is 0 Å². The average molecular weight is 313 g/mol. The van der Waals surface area contributed by atoms with Gasteiger partial charge in [-0.1, -0.05) is 13.0 Å². The average Bonchev–Trinajstić information content (AvgIpc) is 2.91. The molecule has 3 aromatic rings. The van der Waals surface area contributed by atoms with Gasteiger partial charge in [0.1, 0.15) is 18.1 Å². The van der Waals surface area contributed by atoms with Crippen LogP contribution in [0.1, 0.15) is 13.3 Å². The van der Waals surface area contributed by atoms with E-state index >= 15 is 0 Å². The fourth-order valence-electron chi connectivity index (χ4n) is 2.22. The summed E-state index contributed by atoms with van der Waals surface area (Å²) >= 11 is 0. The Labute approximate surface area is 133 Å². The van der Waals surface area contributed by atoms with Crippen molar-refractivity contribution >= 4 is 5.65 Å². The number of hydrogen-bond acceptors (Lipinski definition) is 4. The van der Waals surface area contributed by atoms with Gasteiger partial charge < -0.3 is 9.47 Å². The fourth-order valence-corrected chi connectivity index (χ4v) is 2.22. The summed E-state index contributed by atoms with van der Waals surface area (Å²) in [4.78, 5) is 12.1. The summed E-state index contributed by atoms with van der Waals surface area (Å²) in [5.41, 5.74) is 0.474. The Morgan fingerprint density at radius 2 is 1.70 bits per heavy atom. The van der Waals surface area contributed by atoms with Gasteiger partial charge >= 0.3 is 5.69 Å². The van der Waals surface area contributed by atoms with Crippen LogP contribution in [0, 0.1) is 0 Å². The first-order chi connectivity index (χ1) is 11.3. The van der Waals surface area contributed by atoms with Crippen molar-refractivity contribution in [2.24, 2.45) is 0 Å². The fraction of sp³-hybridized carbons (Fsp3) is 0.294. The van der Waals surface area contributed by atoms with Gasteiger partial charge in [-0.3, -0.25) is 4.40 Å². The molecule has 0 radical (unpaired) electrons. The van der Waals surface area contributed by atoms with Crippen LogP contribution >= 0.6 is 0 Å². The summed E-state index contributed by atoms with van der Waals surface area (Å²) in [5.74, 6) is 1.57. The lowest BCUT2D eigenvalue weighted by atomic mass is 10.3. The Hall–Kier alpha value is -2.76. The van der Waals surface area contributed by atoms with E-state index in [1.54, 1.807) is 18.3 Å². The predicted octanol–water partition coefficient (Wildman–Crippen LogP) is 2.36. The third-order valence-electron chi connectivity index (χ3n) is 3.36. The summed E-state index contributed by atoms with van der Waals surface area (Å²) in [6, 6.07) is 12.9. The molecule has 6 heteroatoms. The predicted molar refractivity (Wildman–Crippen MR) is 87.2 cm³/mol. The minimum absolute atomic E-state index is 0.160. The van der Waals surface area contributed by atoms with Crippen molar-refractivity contribution in [3.05, 3.63) is 59.1 Å². The van der Waals surface area contributed by atoms with Crippen LogP contribution in [0.4, 0.5) is 0 Å². The van der Waals surface area contributed by atoms with Gasteiger partial charge in [-0.15, -0.1) is 5.10 Å². The molecule has 1 aromatic carbocycles. The number of rotatable bonds is 7. The molecule has 23 heavy (non-hydrogen) atoms. The van der Waals surface area contributed by atoms with Crippen molar-refractivity contribution in [3.8, 4) is 11.5 Å². The van der Waals surface area contributed by atoms with Crippen molar-refractivity contribution in [1.29, 1.82) is 0 Å². The van der Waals surface area contributed by atoms with E-state index in [9.17, 15) is 4.79 Å². The quantitative estimate of drug-likeness (QED) is 0.672. The maximum absolute atomic E-state index is 12.1. The highest BCUT2D eigenvalue weighted by Gasteiger charge is 2.05. The summed E-state index contributed by atoms with van der Waals surface area (Å²) < 4.78 is 14.1. The van der Waals surface area contributed by atoms with E-state index in [0.29, 0.717) is 25.4 Å². The highest BCUT2D eigenvalue weighted by Crippen LogP contribution is 2.17. The number of nitrogens with zero attached hydrogens (tertiary/aromatic N) is 3. The maximum atomic E-state index is 12.1. The smallest absolute Gasteiger partial charge is 0.350 e. The zero-order valence-corrected chi connectivity index (χ0v) is 13.0. The van der Waals surface area contributed by atoms with Crippen LogP contribution in [-0.4, -0.2) is 27.4 Å². The second-order valence-corrected chi connectivity index (χ2v) is 5.10. The van der Waals surface area contributed by atoms with Crippen LogP contribution in [0.3, 0.4) is 0 Å².